The molecule has 5 nitrogen and oxygen atoms in total. The van der Waals surface area contributed by atoms with Gasteiger partial charge in [0.05, 0.1) is 5.60 Å². The molecule has 1 unspecified atom stereocenters. The molecule has 4 aliphatic rings. The number of carbonyl (C=O) groups excluding carboxylic acids is 2. The molecule has 1 aliphatic heterocycles. The fraction of sp³-hybridized carbons (Fsp3) is 0.652. The summed E-state index contributed by atoms with van der Waals surface area (Å²) >= 11 is 0. The summed E-state index contributed by atoms with van der Waals surface area (Å²) in [5.41, 5.74) is 1.99. The molecule has 5 rings (SSSR count). The van der Waals surface area contributed by atoms with Crippen LogP contribution >= 0.6 is 0 Å². The maximum Gasteiger partial charge on any atom is 0.303 e. The average Bonchev–Trinajstić information content (AvgIpc) is 3.43. The number of aryl methyl sites for hydroxylation is 1. The number of carbonyl (C=O) groups is 2. The molecule has 5 heteroatoms. The summed E-state index contributed by atoms with van der Waals surface area (Å²) in [4.78, 5) is 26.9. The third kappa shape index (κ3) is 2.59. The van der Waals surface area contributed by atoms with Crippen molar-refractivity contribution >= 4 is 11.8 Å². The van der Waals surface area contributed by atoms with E-state index in [9.17, 15) is 14.7 Å². The Labute approximate surface area is 166 Å². The molecule has 0 spiro atoms. The lowest BCUT2D eigenvalue weighted by atomic mass is 9.49. The number of fused-ring (bicyclic) bond motifs is 1. The van der Waals surface area contributed by atoms with Gasteiger partial charge in [0.25, 0.3) is 0 Å². The van der Waals surface area contributed by atoms with Crippen molar-refractivity contribution in [3.05, 3.63) is 34.9 Å². The molecule has 150 valence electrons. The van der Waals surface area contributed by atoms with E-state index in [1.54, 1.807) is 0 Å². The number of ketones is 1. The number of aliphatic hydroxyl groups is 1. The highest BCUT2D eigenvalue weighted by atomic mass is 16.5. The highest BCUT2D eigenvalue weighted by molar-refractivity contribution is 5.88. The van der Waals surface area contributed by atoms with Crippen molar-refractivity contribution in [2.75, 3.05) is 13.1 Å². The second kappa shape index (κ2) is 6.14. The van der Waals surface area contributed by atoms with E-state index in [2.05, 4.69) is 30.0 Å². The smallest absolute Gasteiger partial charge is 0.303 e. The lowest BCUT2D eigenvalue weighted by Crippen LogP contribution is -2.75. The Kier molecular flexibility index (Phi) is 4.01. The van der Waals surface area contributed by atoms with Crippen LogP contribution in [0.15, 0.2) is 18.2 Å². The van der Waals surface area contributed by atoms with E-state index in [1.165, 1.54) is 30.9 Å². The zero-order valence-corrected chi connectivity index (χ0v) is 16.7. The molecule has 1 aromatic rings. The van der Waals surface area contributed by atoms with Crippen molar-refractivity contribution in [2.24, 2.45) is 5.92 Å². The van der Waals surface area contributed by atoms with E-state index in [0.29, 0.717) is 6.42 Å². The Balaban J connectivity index is 1.62. The van der Waals surface area contributed by atoms with Crippen molar-refractivity contribution in [3.8, 4) is 0 Å². The molecular weight excluding hydrogens is 354 g/mol. The number of benzene rings is 1. The Morgan fingerprint density at radius 2 is 2.14 bits per heavy atom. The molecule has 1 N–H and O–H groups in total. The number of rotatable bonds is 3. The van der Waals surface area contributed by atoms with Gasteiger partial charge in [0, 0.05) is 37.8 Å². The third-order valence-electron chi connectivity index (χ3n) is 7.68. The first-order valence-corrected chi connectivity index (χ1v) is 10.6. The first-order valence-electron chi connectivity index (χ1n) is 10.6. The highest BCUT2D eigenvalue weighted by Crippen LogP contribution is 2.58. The minimum Gasteiger partial charge on any atom is -0.455 e. The monoisotopic (exact) mass is 383 g/mol. The van der Waals surface area contributed by atoms with Crippen molar-refractivity contribution in [1.82, 2.24) is 4.90 Å². The third-order valence-corrected chi connectivity index (χ3v) is 7.68. The minimum absolute atomic E-state index is 0.0423. The second-order valence-corrected chi connectivity index (χ2v) is 9.52. The zero-order valence-electron chi connectivity index (χ0n) is 16.7. The van der Waals surface area contributed by atoms with Crippen molar-refractivity contribution in [3.63, 3.8) is 0 Å². The molecule has 3 aliphatic carbocycles. The number of nitrogens with zero attached hydrogens (tertiary/aromatic N) is 1. The Morgan fingerprint density at radius 3 is 2.86 bits per heavy atom. The Morgan fingerprint density at radius 1 is 1.36 bits per heavy atom. The largest absolute Gasteiger partial charge is 0.455 e. The lowest BCUT2D eigenvalue weighted by molar-refractivity contribution is -0.193. The van der Waals surface area contributed by atoms with E-state index in [4.69, 9.17) is 4.74 Å². The zero-order chi connectivity index (χ0) is 19.7. The van der Waals surface area contributed by atoms with Crippen LogP contribution in [0.5, 0.6) is 0 Å². The standard InChI is InChI=1S/C23H29NO4/c1-14-3-6-17-10-21-23(27)11-19(26)20(28-15(2)25)12-22(23,18(17)9-14)7-8-24(21)13-16-4-5-16/h3,6,9,16,20-21,27H,4-5,7-8,10-13H2,1-2H3/t20?,21-,22-,23-/m1/s1. The number of hydrogen-bond donors (Lipinski definition) is 1. The molecular formula is C23H29NO4. The number of ether oxygens (including phenoxy) is 1. The first-order chi connectivity index (χ1) is 13.3. The van der Waals surface area contributed by atoms with Crippen LogP contribution in [0, 0.1) is 12.8 Å². The van der Waals surface area contributed by atoms with Crippen LogP contribution in [0.3, 0.4) is 0 Å². The second-order valence-electron chi connectivity index (χ2n) is 9.52. The predicted octanol–water partition coefficient (Wildman–Crippen LogP) is 2.30. The summed E-state index contributed by atoms with van der Waals surface area (Å²) in [6, 6.07) is 6.47. The van der Waals surface area contributed by atoms with Gasteiger partial charge in [-0.2, -0.15) is 0 Å². The van der Waals surface area contributed by atoms with Crippen molar-refractivity contribution < 1.29 is 19.4 Å². The summed E-state index contributed by atoms with van der Waals surface area (Å²) in [7, 11) is 0. The molecule has 1 aromatic carbocycles. The van der Waals surface area contributed by atoms with Gasteiger partial charge in [-0.3, -0.25) is 14.5 Å². The summed E-state index contributed by atoms with van der Waals surface area (Å²) in [6.45, 7) is 5.37. The molecule has 0 radical (unpaired) electrons. The number of esters is 1. The maximum absolute atomic E-state index is 12.9. The van der Waals surface area contributed by atoms with E-state index in [-0.39, 0.29) is 18.2 Å². The molecule has 3 fully saturated rings. The van der Waals surface area contributed by atoms with Crippen LogP contribution in [0.1, 0.15) is 55.7 Å². The van der Waals surface area contributed by atoms with Gasteiger partial charge in [0.15, 0.2) is 11.9 Å². The van der Waals surface area contributed by atoms with Gasteiger partial charge in [0.2, 0.25) is 0 Å². The molecule has 4 atom stereocenters. The molecule has 2 bridgehead atoms. The fourth-order valence-corrected chi connectivity index (χ4v) is 6.16. The van der Waals surface area contributed by atoms with Gasteiger partial charge in [-0.1, -0.05) is 23.8 Å². The quantitative estimate of drug-likeness (QED) is 0.812. The Hall–Kier alpha value is -1.72. The average molecular weight is 383 g/mol. The summed E-state index contributed by atoms with van der Waals surface area (Å²) < 4.78 is 5.42. The molecule has 1 saturated heterocycles. The molecule has 1 heterocycles. The first kappa shape index (κ1) is 18.3. The van der Waals surface area contributed by atoms with E-state index in [0.717, 1.165) is 37.4 Å². The van der Waals surface area contributed by atoms with Gasteiger partial charge >= 0.3 is 5.97 Å². The lowest BCUT2D eigenvalue weighted by Gasteiger charge is -2.64. The van der Waals surface area contributed by atoms with Gasteiger partial charge in [-0.25, -0.2) is 0 Å². The van der Waals surface area contributed by atoms with Crippen LogP contribution in [0.2, 0.25) is 0 Å². The number of piperidine rings is 1. The van der Waals surface area contributed by atoms with E-state index < -0.39 is 23.1 Å². The van der Waals surface area contributed by atoms with Gasteiger partial charge in [-0.05, 0) is 56.2 Å². The van der Waals surface area contributed by atoms with Crippen LogP contribution in [-0.2, 0) is 26.2 Å². The Bertz CT molecular complexity index is 847. The topological polar surface area (TPSA) is 66.8 Å². The number of likely N-dealkylation sites (tertiary alicyclic amines) is 1. The summed E-state index contributed by atoms with van der Waals surface area (Å²) in [6.07, 6.45) is 3.85. The SMILES string of the molecule is CC(=O)OC1C[C@]23CCN(CC4CC4)[C@H](Cc4ccc(C)cc42)[C@]3(O)CC1=O. The van der Waals surface area contributed by atoms with E-state index >= 15 is 0 Å². The number of hydrogen-bond acceptors (Lipinski definition) is 5. The predicted molar refractivity (Wildman–Crippen MR) is 104 cm³/mol. The van der Waals surface area contributed by atoms with Crippen molar-refractivity contribution in [2.45, 2.75) is 75.5 Å². The van der Waals surface area contributed by atoms with Gasteiger partial charge < -0.3 is 9.84 Å². The van der Waals surface area contributed by atoms with Crippen LogP contribution in [0.4, 0.5) is 0 Å². The summed E-state index contributed by atoms with van der Waals surface area (Å²) in [5, 5.41) is 12.1. The molecule has 28 heavy (non-hydrogen) atoms. The molecule has 0 aromatic heterocycles. The molecule has 2 saturated carbocycles. The van der Waals surface area contributed by atoms with Crippen LogP contribution in [-0.4, -0.2) is 52.6 Å². The maximum atomic E-state index is 12.9. The van der Waals surface area contributed by atoms with Crippen LogP contribution < -0.4 is 0 Å². The number of Topliss-reactive ketones (excluding diaryl/α,β-unsaturated/α-hetero) is 1. The summed E-state index contributed by atoms with van der Waals surface area (Å²) in [5.74, 6) is 0.175. The highest BCUT2D eigenvalue weighted by Gasteiger charge is 2.67. The van der Waals surface area contributed by atoms with E-state index in [1.807, 2.05) is 0 Å². The van der Waals surface area contributed by atoms with Gasteiger partial charge in [-0.15, -0.1) is 0 Å². The minimum atomic E-state index is -1.09. The van der Waals surface area contributed by atoms with Gasteiger partial charge in [0.1, 0.15) is 0 Å². The fourth-order valence-electron chi connectivity index (χ4n) is 6.16. The van der Waals surface area contributed by atoms with Crippen LogP contribution in [0.25, 0.3) is 0 Å². The normalized spacial score (nSPS) is 37.2. The molecule has 0 amide bonds. The van der Waals surface area contributed by atoms with Crippen molar-refractivity contribution in [1.29, 1.82) is 0 Å².